The third-order valence-electron chi connectivity index (χ3n) is 4.51. The van der Waals surface area contributed by atoms with Crippen molar-refractivity contribution in [3.63, 3.8) is 0 Å². The van der Waals surface area contributed by atoms with Crippen LogP contribution in [0.5, 0.6) is 0 Å². The summed E-state index contributed by atoms with van der Waals surface area (Å²) in [6.45, 7) is 2.14. The highest BCUT2D eigenvalue weighted by Gasteiger charge is 2.26. The van der Waals surface area contributed by atoms with Gasteiger partial charge >= 0.3 is 5.97 Å². The number of likely N-dealkylation sites (tertiary alicyclic amines) is 1. The molecule has 8 heteroatoms. The lowest BCUT2D eigenvalue weighted by atomic mass is 9.97. The van der Waals surface area contributed by atoms with E-state index in [0.29, 0.717) is 30.9 Å². The highest BCUT2D eigenvalue weighted by molar-refractivity contribution is 5.87. The third kappa shape index (κ3) is 4.62. The molecule has 1 aliphatic rings. The van der Waals surface area contributed by atoms with Crippen LogP contribution in [0.3, 0.4) is 0 Å². The molecule has 8 nitrogen and oxygen atoms in total. The summed E-state index contributed by atoms with van der Waals surface area (Å²) in [6.07, 6.45) is 4.50. The second-order valence-electron chi connectivity index (χ2n) is 6.38. The summed E-state index contributed by atoms with van der Waals surface area (Å²) < 4.78 is 1.62. The number of carbonyl (C=O) groups excluding carboxylic acids is 1. The Labute approximate surface area is 145 Å². The van der Waals surface area contributed by atoms with E-state index in [2.05, 4.69) is 15.5 Å². The van der Waals surface area contributed by atoms with Gasteiger partial charge in [0.05, 0.1) is 5.56 Å². The summed E-state index contributed by atoms with van der Waals surface area (Å²) >= 11 is 0. The van der Waals surface area contributed by atoms with Crippen molar-refractivity contribution in [1.29, 1.82) is 0 Å². The van der Waals surface area contributed by atoms with Crippen LogP contribution in [0.25, 0.3) is 0 Å². The Kier molecular flexibility index (Phi) is 5.37. The van der Waals surface area contributed by atoms with E-state index in [9.17, 15) is 9.59 Å². The standard InChI is InChI=1S/C17H21N5O3/c23-16(5-2-7-22-12-18-19-20-22)21-8-6-14(11-21)9-13-3-1-4-15(10-13)17(24)25/h1,3-4,10,12,14H,2,5-9,11H2,(H,24,25). The summed E-state index contributed by atoms with van der Waals surface area (Å²) in [7, 11) is 0. The van der Waals surface area contributed by atoms with Gasteiger partial charge in [0.1, 0.15) is 6.33 Å². The number of benzene rings is 1. The molecule has 0 aliphatic carbocycles. The van der Waals surface area contributed by atoms with Gasteiger partial charge in [0.15, 0.2) is 0 Å². The van der Waals surface area contributed by atoms with Crippen molar-refractivity contribution in [2.24, 2.45) is 5.92 Å². The van der Waals surface area contributed by atoms with Crippen LogP contribution in [0, 0.1) is 5.92 Å². The van der Waals surface area contributed by atoms with E-state index in [1.165, 1.54) is 0 Å². The minimum Gasteiger partial charge on any atom is -0.478 e. The number of rotatable bonds is 7. The largest absolute Gasteiger partial charge is 0.478 e. The normalized spacial score (nSPS) is 17.0. The predicted molar refractivity (Wildman–Crippen MR) is 88.8 cm³/mol. The fourth-order valence-electron chi connectivity index (χ4n) is 3.22. The van der Waals surface area contributed by atoms with Gasteiger partial charge in [0.2, 0.25) is 5.91 Å². The van der Waals surface area contributed by atoms with E-state index in [4.69, 9.17) is 5.11 Å². The van der Waals surface area contributed by atoms with Crippen LogP contribution < -0.4 is 0 Å². The number of carbonyl (C=O) groups is 2. The Morgan fingerprint density at radius 2 is 2.20 bits per heavy atom. The number of carboxylic acid groups (broad SMARTS) is 1. The first-order valence-electron chi connectivity index (χ1n) is 8.42. The lowest BCUT2D eigenvalue weighted by Gasteiger charge is -2.16. The maximum absolute atomic E-state index is 12.3. The zero-order chi connectivity index (χ0) is 17.6. The molecule has 0 bridgehead atoms. The number of aromatic carboxylic acids is 1. The average molecular weight is 343 g/mol. The summed E-state index contributed by atoms with van der Waals surface area (Å²) in [5.74, 6) is -0.366. The van der Waals surface area contributed by atoms with Crippen LogP contribution in [-0.4, -0.2) is 55.2 Å². The van der Waals surface area contributed by atoms with Gasteiger partial charge in [-0.05, 0) is 53.3 Å². The van der Waals surface area contributed by atoms with Crippen molar-refractivity contribution in [3.8, 4) is 0 Å². The molecule has 1 saturated heterocycles. The molecule has 0 saturated carbocycles. The SMILES string of the molecule is O=C(O)c1cccc(CC2CCN(C(=O)CCCn3cnnn3)C2)c1. The maximum Gasteiger partial charge on any atom is 0.335 e. The minimum atomic E-state index is -0.910. The van der Waals surface area contributed by atoms with Crippen molar-refractivity contribution in [1.82, 2.24) is 25.1 Å². The number of carboxylic acids is 1. The van der Waals surface area contributed by atoms with Gasteiger partial charge in [-0.1, -0.05) is 12.1 Å². The van der Waals surface area contributed by atoms with Crippen molar-refractivity contribution in [3.05, 3.63) is 41.7 Å². The first kappa shape index (κ1) is 17.1. The highest BCUT2D eigenvalue weighted by atomic mass is 16.4. The summed E-state index contributed by atoms with van der Waals surface area (Å²) in [4.78, 5) is 25.3. The van der Waals surface area contributed by atoms with Crippen molar-refractivity contribution in [2.75, 3.05) is 13.1 Å². The number of aryl methyl sites for hydroxylation is 1. The molecule has 1 amide bonds. The van der Waals surface area contributed by atoms with E-state index < -0.39 is 5.97 Å². The van der Waals surface area contributed by atoms with Gasteiger partial charge < -0.3 is 10.0 Å². The summed E-state index contributed by atoms with van der Waals surface area (Å²) in [5.41, 5.74) is 1.32. The number of amides is 1. The predicted octanol–water partition coefficient (Wildman–Crippen LogP) is 1.24. The van der Waals surface area contributed by atoms with Crippen molar-refractivity contribution >= 4 is 11.9 Å². The van der Waals surface area contributed by atoms with Crippen LogP contribution in [0.1, 0.15) is 35.2 Å². The minimum absolute atomic E-state index is 0.162. The maximum atomic E-state index is 12.3. The molecule has 1 aromatic carbocycles. The second-order valence-corrected chi connectivity index (χ2v) is 6.38. The molecular formula is C17H21N5O3. The van der Waals surface area contributed by atoms with Crippen LogP contribution in [-0.2, 0) is 17.8 Å². The number of tetrazole rings is 1. The van der Waals surface area contributed by atoms with Crippen LogP contribution in [0.2, 0.25) is 0 Å². The smallest absolute Gasteiger partial charge is 0.335 e. The van der Waals surface area contributed by atoms with E-state index in [-0.39, 0.29) is 5.91 Å². The van der Waals surface area contributed by atoms with Gasteiger partial charge in [-0.3, -0.25) is 4.79 Å². The van der Waals surface area contributed by atoms with E-state index in [1.807, 2.05) is 11.0 Å². The van der Waals surface area contributed by atoms with Gasteiger partial charge in [0.25, 0.3) is 0 Å². The molecule has 25 heavy (non-hydrogen) atoms. The zero-order valence-corrected chi connectivity index (χ0v) is 13.9. The fourth-order valence-corrected chi connectivity index (χ4v) is 3.22. The van der Waals surface area contributed by atoms with Gasteiger partial charge in [-0.2, -0.15) is 0 Å². The Morgan fingerprint density at radius 1 is 1.32 bits per heavy atom. The molecule has 1 N–H and O–H groups in total. The van der Waals surface area contributed by atoms with E-state index in [1.54, 1.807) is 29.2 Å². The van der Waals surface area contributed by atoms with Gasteiger partial charge in [-0.25, -0.2) is 9.48 Å². The topological polar surface area (TPSA) is 101 Å². The first-order chi connectivity index (χ1) is 12.1. The Balaban J connectivity index is 1.45. The molecule has 3 rings (SSSR count). The average Bonchev–Trinajstić information content (AvgIpc) is 3.27. The second kappa shape index (κ2) is 7.87. The lowest BCUT2D eigenvalue weighted by molar-refractivity contribution is -0.130. The quantitative estimate of drug-likeness (QED) is 0.812. The number of aromatic nitrogens is 4. The molecule has 2 heterocycles. The summed E-state index contributed by atoms with van der Waals surface area (Å²) in [6, 6.07) is 7.04. The molecule has 132 valence electrons. The monoisotopic (exact) mass is 343 g/mol. The Bertz CT molecular complexity index is 732. The lowest BCUT2D eigenvalue weighted by Crippen LogP contribution is -2.29. The van der Waals surface area contributed by atoms with Gasteiger partial charge in [0, 0.05) is 26.1 Å². The van der Waals surface area contributed by atoms with E-state index in [0.717, 1.165) is 31.5 Å². The number of nitrogens with zero attached hydrogens (tertiary/aromatic N) is 5. The third-order valence-corrected chi connectivity index (χ3v) is 4.51. The summed E-state index contributed by atoms with van der Waals surface area (Å²) in [5, 5.41) is 20.0. The molecule has 2 aromatic rings. The molecule has 1 aromatic heterocycles. The Morgan fingerprint density at radius 3 is 2.96 bits per heavy atom. The molecule has 0 spiro atoms. The number of hydrogen-bond donors (Lipinski definition) is 1. The van der Waals surface area contributed by atoms with Crippen molar-refractivity contribution in [2.45, 2.75) is 32.2 Å². The van der Waals surface area contributed by atoms with Crippen LogP contribution >= 0.6 is 0 Å². The van der Waals surface area contributed by atoms with Crippen molar-refractivity contribution < 1.29 is 14.7 Å². The number of hydrogen-bond acceptors (Lipinski definition) is 5. The fraction of sp³-hybridized carbons (Fsp3) is 0.471. The molecule has 1 unspecified atom stereocenters. The molecule has 1 aliphatic heterocycles. The van der Waals surface area contributed by atoms with Gasteiger partial charge in [-0.15, -0.1) is 5.10 Å². The van der Waals surface area contributed by atoms with Crippen LogP contribution in [0.15, 0.2) is 30.6 Å². The molecule has 0 radical (unpaired) electrons. The molecule has 1 fully saturated rings. The molecular weight excluding hydrogens is 322 g/mol. The first-order valence-corrected chi connectivity index (χ1v) is 8.42. The molecule has 1 atom stereocenters. The Hall–Kier alpha value is -2.77. The van der Waals surface area contributed by atoms with Crippen LogP contribution in [0.4, 0.5) is 0 Å². The highest BCUT2D eigenvalue weighted by Crippen LogP contribution is 2.22. The zero-order valence-electron chi connectivity index (χ0n) is 13.9. The van der Waals surface area contributed by atoms with E-state index >= 15 is 0 Å².